The van der Waals surface area contributed by atoms with Crippen molar-refractivity contribution < 1.29 is 4.79 Å². The standard InChI is InChI=1S/C19H20N6OS/c26-19(14-4-5-16-17(11-14)22-27-21-16)25-12-15(13-25)23-7-9-24(10-8-23)18-3-1-2-6-20-18/h1-6,11,15H,7-10,12-13H2. The van der Waals surface area contributed by atoms with E-state index in [9.17, 15) is 4.79 Å². The number of anilines is 1. The van der Waals surface area contributed by atoms with Crippen molar-refractivity contribution in [3.05, 3.63) is 48.2 Å². The van der Waals surface area contributed by atoms with Crippen molar-refractivity contribution in [1.29, 1.82) is 0 Å². The van der Waals surface area contributed by atoms with E-state index < -0.39 is 0 Å². The molecule has 0 radical (unpaired) electrons. The minimum atomic E-state index is 0.0910. The van der Waals surface area contributed by atoms with Gasteiger partial charge in [0.2, 0.25) is 0 Å². The summed E-state index contributed by atoms with van der Waals surface area (Å²) >= 11 is 1.18. The molecule has 0 saturated carbocycles. The van der Waals surface area contributed by atoms with E-state index in [2.05, 4.69) is 29.6 Å². The maximum absolute atomic E-state index is 12.7. The van der Waals surface area contributed by atoms with Crippen LogP contribution >= 0.6 is 11.7 Å². The Balaban J connectivity index is 1.16. The number of carbonyl (C=O) groups is 1. The molecule has 0 N–H and O–H groups in total. The van der Waals surface area contributed by atoms with E-state index in [-0.39, 0.29) is 5.91 Å². The smallest absolute Gasteiger partial charge is 0.254 e. The first-order chi connectivity index (χ1) is 13.3. The van der Waals surface area contributed by atoms with E-state index in [4.69, 9.17) is 0 Å². The van der Waals surface area contributed by atoms with Crippen molar-refractivity contribution in [2.75, 3.05) is 44.2 Å². The summed E-state index contributed by atoms with van der Waals surface area (Å²) in [5, 5.41) is 0. The van der Waals surface area contributed by atoms with Crippen molar-refractivity contribution in [1.82, 2.24) is 23.5 Å². The number of piperazine rings is 1. The highest BCUT2D eigenvalue weighted by atomic mass is 32.1. The van der Waals surface area contributed by atoms with E-state index >= 15 is 0 Å². The number of carbonyl (C=O) groups excluding carboxylic acids is 1. The Morgan fingerprint density at radius 2 is 1.81 bits per heavy atom. The Hall–Kier alpha value is -2.58. The van der Waals surface area contributed by atoms with E-state index in [1.54, 1.807) is 0 Å². The average molecular weight is 380 g/mol. The van der Waals surface area contributed by atoms with E-state index in [1.807, 2.05) is 41.4 Å². The summed E-state index contributed by atoms with van der Waals surface area (Å²) in [6, 6.07) is 12.1. The van der Waals surface area contributed by atoms with Crippen molar-refractivity contribution in [2.45, 2.75) is 6.04 Å². The molecule has 0 bridgehead atoms. The van der Waals surface area contributed by atoms with Gasteiger partial charge in [0.05, 0.1) is 11.7 Å². The second-order valence-corrected chi connectivity index (χ2v) is 7.57. The Bertz CT molecular complexity index is 947. The minimum Gasteiger partial charge on any atom is -0.354 e. The highest BCUT2D eigenvalue weighted by molar-refractivity contribution is 7.00. The van der Waals surface area contributed by atoms with Gasteiger partial charge in [-0.15, -0.1) is 0 Å². The van der Waals surface area contributed by atoms with Crippen molar-refractivity contribution in [2.24, 2.45) is 0 Å². The summed E-state index contributed by atoms with van der Waals surface area (Å²) in [6.45, 7) is 5.59. The summed E-state index contributed by atoms with van der Waals surface area (Å²) in [6.07, 6.45) is 1.84. The lowest BCUT2D eigenvalue weighted by molar-refractivity contribution is 0.0246. The largest absolute Gasteiger partial charge is 0.354 e. The van der Waals surface area contributed by atoms with Gasteiger partial charge in [-0.2, -0.15) is 8.75 Å². The molecule has 27 heavy (non-hydrogen) atoms. The summed E-state index contributed by atoms with van der Waals surface area (Å²) in [5.41, 5.74) is 2.35. The van der Waals surface area contributed by atoms with Gasteiger partial charge in [-0.05, 0) is 30.3 Å². The van der Waals surface area contributed by atoms with Gasteiger partial charge in [0, 0.05) is 57.1 Å². The van der Waals surface area contributed by atoms with Crippen LogP contribution in [-0.2, 0) is 0 Å². The zero-order valence-electron chi connectivity index (χ0n) is 14.9. The summed E-state index contributed by atoms with van der Waals surface area (Å²) < 4.78 is 8.42. The van der Waals surface area contributed by atoms with Gasteiger partial charge in [0.15, 0.2) is 0 Å². The first-order valence-corrected chi connectivity index (χ1v) is 9.92. The maximum atomic E-state index is 12.7. The van der Waals surface area contributed by atoms with Crippen LogP contribution in [0.4, 0.5) is 5.82 Å². The molecule has 2 aliphatic rings. The molecule has 0 unspecified atom stereocenters. The SMILES string of the molecule is O=C(c1ccc2nsnc2c1)N1CC(N2CCN(c3ccccn3)CC2)C1. The number of aromatic nitrogens is 3. The summed E-state index contributed by atoms with van der Waals surface area (Å²) in [4.78, 5) is 23.9. The predicted molar refractivity (Wildman–Crippen MR) is 105 cm³/mol. The third-order valence-electron chi connectivity index (χ3n) is 5.45. The predicted octanol–water partition coefficient (Wildman–Crippen LogP) is 1.73. The molecule has 8 heteroatoms. The molecule has 2 aliphatic heterocycles. The van der Waals surface area contributed by atoms with Gasteiger partial charge in [-0.3, -0.25) is 9.69 Å². The molecule has 2 fully saturated rings. The van der Waals surface area contributed by atoms with Gasteiger partial charge >= 0.3 is 0 Å². The zero-order chi connectivity index (χ0) is 18.2. The van der Waals surface area contributed by atoms with Crippen molar-refractivity contribution in [3.63, 3.8) is 0 Å². The van der Waals surface area contributed by atoms with Gasteiger partial charge < -0.3 is 9.80 Å². The van der Waals surface area contributed by atoms with Crippen LogP contribution in [0.1, 0.15) is 10.4 Å². The fourth-order valence-electron chi connectivity index (χ4n) is 3.81. The van der Waals surface area contributed by atoms with Crippen LogP contribution in [0, 0.1) is 0 Å². The fraction of sp³-hybridized carbons (Fsp3) is 0.368. The Labute approximate surface area is 161 Å². The highest BCUT2D eigenvalue weighted by Gasteiger charge is 2.36. The van der Waals surface area contributed by atoms with Gasteiger partial charge in [-0.1, -0.05) is 6.07 Å². The maximum Gasteiger partial charge on any atom is 0.254 e. The second-order valence-electron chi connectivity index (χ2n) is 7.04. The number of hydrogen-bond acceptors (Lipinski definition) is 7. The molecule has 0 spiro atoms. The second kappa shape index (κ2) is 6.86. The van der Waals surface area contributed by atoms with Crippen LogP contribution in [0.15, 0.2) is 42.6 Å². The molecule has 5 rings (SSSR count). The van der Waals surface area contributed by atoms with Gasteiger partial charge in [0.1, 0.15) is 16.9 Å². The van der Waals surface area contributed by atoms with E-state index in [1.165, 1.54) is 11.7 Å². The van der Waals surface area contributed by atoms with Crippen molar-refractivity contribution in [3.8, 4) is 0 Å². The molecular formula is C19H20N6OS. The molecule has 2 saturated heterocycles. The van der Waals surface area contributed by atoms with E-state index in [0.29, 0.717) is 11.6 Å². The van der Waals surface area contributed by atoms with Crippen LogP contribution in [0.5, 0.6) is 0 Å². The number of pyridine rings is 1. The third-order valence-corrected chi connectivity index (χ3v) is 6.01. The van der Waals surface area contributed by atoms with Gasteiger partial charge in [0.25, 0.3) is 5.91 Å². The van der Waals surface area contributed by atoms with Crippen molar-refractivity contribution >= 4 is 34.5 Å². The first kappa shape index (κ1) is 16.6. The van der Waals surface area contributed by atoms with Crippen LogP contribution in [0.3, 0.4) is 0 Å². The van der Waals surface area contributed by atoms with E-state index in [0.717, 1.165) is 56.1 Å². The molecule has 1 aromatic carbocycles. The highest BCUT2D eigenvalue weighted by Crippen LogP contribution is 2.22. The molecule has 4 heterocycles. The molecule has 7 nitrogen and oxygen atoms in total. The minimum absolute atomic E-state index is 0.0910. The van der Waals surface area contributed by atoms with Crippen LogP contribution < -0.4 is 4.90 Å². The Morgan fingerprint density at radius 3 is 2.59 bits per heavy atom. The lowest BCUT2D eigenvalue weighted by atomic mass is 10.0. The number of rotatable bonds is 3. The lowest BCUT2D eigenvalue weighted by Gasteiger charge is -2.48. The normalized spacial score (nSPS) is 18.7. The monoisotopic (exact) mass is 380 g/mol. The van der Waals surface area contributed by atoms with Gasteiger partial charge in [-0.25, -0.2) is 4.98 Å². The summed E-state index contributed by atoms with van der Waals surface area (Å²) in [7, 11) is 0. The van der Waals surface area contributed by atoms with Crippen LogP contribution in [0.2, 0.25) is 0 Å². The number of hydrogen-bond donors (Lipinski definition) is 0. The zero-order valence-corrected chi connectivity index (χ0v) is 15.7. The topological polar surface area (TPSA) is 65.5 Å². The van der Waals surface area contributed by atoms with Crippen LogP contribution in [0.25, 0.3) is 11.0 Å². The molecular weight excluding hydrogens is 360 g/mol. The number of nitrogens with zero attached hydrogens (tertiary/aromatic N) is 6. The molecule has 2 aromatic heterocycles. The first-order valence-electron chi connectivity index (χ1n) is 9.19. The molecule has 1 amide bonds. The average Bonchev–Trinajstić information content (AvgIpc) is 3.16. The number of likely N-dealkylation sites (tertiary alicyclic amines) is 1. The summed E-state index contributed by atoms with van der Waals surface area (Å²) in [5.74, 6) is 1.14. The molecule has 3 aromatic rings. The quantitative estimate of drug-likeness (QED) is 0.690. The Kier molecular flexibility index (Phi) is 4.21. The number of benzene rings is 1. The fourth-order valence-corrected chi connectivity index (χ4v) is 4.32. The third kappa shape index (κ3) is 3.15. The molecule has 0 aliphatic carbocycles. The number of fused-ring (bicyclic) bond motifs is 1. The Morgan fingerprint density at radius 1 is 1.00 bits per heavy atom. The lowest BCUT2D eigenvalue weighted by Crippen LogP contribution is -2.64. The molecule has 0 atom stereocenters. The number of amides is 1. The van der Waals surface area contributed by atoms with Crippen LogP contribution in [-0.4, -0.2) is 74.7 Å². The molecule has 138 valence electrons.